The van der Waals surface area contributed by atoms with E-state index in [9.17, 15) is 5.26 Å². The molecule has 0 radical (unpaired) electrons. The summed E-state index contributed by atoms with van der Waals surface area (Å²) in [5.74, 6) is 0.583. The van der Waals surface area contributed by atoms with E-state index in [2.05, 4.69) is 141 Å². The molecule has 2 rings (SSSR count). The number of rotatable bonds is 15. The molecular formula is C39H58N2P+. The first-order valence-electron chi connectivity index (χ1n) is 15.9. The molecule has 0 N–H and O–H groups in total. The predicted molar refractivity (Wildman–Crippen MR) is 191 cm³/mol. The molecular weight excluding hydrogens is 527 g/mol. The molecule has 3 heteroatoms. The topological polar surface area (TPSA) is 26.8 Å². The summed E-state index contributed by atoms with van der Waals surface area (Å²) in [7, 11) is -1.74. The second-order valence-corrected chi connectivity index (χ2v) is 18.3. The quantitative estimate of drug-likeness (QED) is 0.0812. The van der Waals surface area contributed by atoms with Gasteiger partial charge in [-0.25, -0.2) is 0 Å². The summed E-state index contributed by atoms with van der Waals surface area (Å²) in [6.45, 7) is 29.2. The maximum absolute atomic E-state index is 9.72. The molecule has 1 heterocycles. The van der Waals surface area contributed by atoms with Crippen molar-refractivity contribution in [2.24, 2.45) is 23.2 Å². The standard InChI is InChI=1S/C39H58N2P/c1-11-25-39(7,8)26-22-34(30-40)18-15-17-33(6)42(10)28-16-19-35(24-29-42)36(31(2)3)23-27-41(9)38-21-14-12-13-20-37(38)32(4)5/h12-16,18-19,21,23-24,27,32,34,36,42H,2,6,9,11,17,20,22,25-26,28-29H2,1,3-5,7-8,10H3/q+1/b18-15?,27-23-. The summed E-state index contributed by atoms with van der Waals surface area (Å²) in [5, 5.41) is 11.1. The zero-order chi connectivity index (χ0) is 31.3. The van der Waals surface area contributed by atoms with Crippen molar-refractivity contribution in [1.82, 2.24) is 0 Å². The fraction of sp³-hybridized carbons (Fsp3) is 0.487. The van der Waals surface area contributed by atoms with Crippen LogP contribution in [0.5, 0.6) is 0 Å². The monoisotopic (exact) mass is 585 g/mol. The van der Waals surface area contributed by atoms with Gasteiger partial charge in [0.2, 0.25) is 0 Å². The minimum atomic E-state index is -1.74. The summed E-state index contributed by atoms with van der Waals surface area (Å²) in [6, 6.07) is 2.51. The van der Waals surface area contributed by atoms with Gasteiger partial charge in [0.25, 0.3) is 0 Å². The fourth-order valence-corrected chi connectivity index (χ4v) is 8.59. The molecule has 0 amide bonds. The van der Waals surface area contributed by atoms with Gasteiger partial charge < -0.3 is 0 Å². The van der Waals surface area contributed by atoms with Crippen LogP contribution in [0.3, 0.4) is 0 Å². The van der Waals surface area contributed by atoms with Crippen molar-refractivity contribution in [2.45, 2.75) is 80.1 Å². The Hall–Kier alpha value is -2.75. The molecule has 2 nitrogen and oxygen atoms in total. The van der Waals surface area contributed by atoms with Crippen LogP contribution < -0.4 is 0 Å². The van der Waals surface area contributed by atoms with Crippen molar-refractivity contribution >= 4 is 14.0 Å². The normalized spacial score (nSPS) is 19.4. The van der Waals surface area contributed by atoms with Crippen molar-refractivity contribution in [3.05, 3.63) is 108 Å². The van der Waals surface area contributed by atoms with E-state index in [0.29, 0.717) is 11.3 Å². The van der Waals surface area contributed by atoms with E-state index >= 15 is 0 Å². The molecule has 0 saturated carbocycles. The van der Waals surface area contributed by atoms with E-state index in [0.717, 1.165) is 43.6 Å². The van der Waals surface area contributed by atoms with E-state index < -0.39 is 7.26 Å². The van der Waals surface area contributed by atoms with Gasteiger partial charge in [0.1, 0.15) is 0 Å². The Morgan fingerprint density at radius 2 is 1.86 bits per heavy atom. The van der Waals surface area contributed by atoms with Crippen molar-refractivity contribution in [3.63, 3.8) is 0 Å². The average Bonchev–Trinajstić information content (AvgIpc) is 3.30. The van der Waals surface area contributed by atoms with Gasteiger partial charge in [0.15, 0.2) is 0 Å². The van der Waals surface area contributed by atoms with Crippen LogP contribution in [-0.2, 0) is 0 Å². The van der Waals surface area contributed by atoms with Gasteiger partial charge in [-0.2, -0.15) is 0 Å². The molecule has 42 heavy (non-hydrogen) atoms. The van der Waals surface area contributed by atoms with Crippen molar-refractivity contribution in [3.8, 4) is 6.07 Å². The first kappa shape index (κ1) is 35.4. The Kier molecular flexibility index (Phi) is 14.2. The zero-order valence-corrected chi connectivity index (χ0v) is 28.8. The van der Waals surface area contributed by atoms with E-state index in [4.69, 9.17) is 0 Å². The summed E-state index contributed by atoms with van der Waals surface area (Å²) in [6.07, 6.45) is 32.8. The summed E-state index contributed by atoms with van der Waals surface area (Å²) in [5.41, 5.74) is 5.31. The van der Waals surface area contributed by atoms with Crippen molar-refractivity contribution in [1.29, 1.82) is 5.26 Å². The Labute approximate surface area is 259 Å². The van der Waals surface area contributed by atoms with E-state index in [-0.39, 0.29) is 11.8 Å². The van der Waals surface area contributed by atoms with E-state index in [1.54, 1.807) is 0 Å². The molecule has 0 aromatic carbocycles. The van der Waals surface area contributed by atoms with Gasteiger partial charge in [0, 0.05) is 0 Å². The van der Waals surface area contributed by atoms with Crippen LogP contribution in [0.4, 0.5) is 0 Å². The summed E-state index contributed by atoms with van der Waals surface area (Å²) < 4.78 is 2.02. The summed E-state index contributed by atoms with van der Waals surface area (Å²) >= 11 is 0. The third-order valence-corrected chi connectivity index (χ3v) is 13.2. The molecule has 0 fully saturated rings. The molecule has 0 spiro atoms. The molecule has 1 aliphatic carbocycles. The van der Waals surface area contributed by atoms with E-state index in [1.165, 1.54) is 35.0 Å². The van der Waals surface area contributed by atoms with Crippen LogP contribution in [0, 0.1) is 34.5 Å². The number of hydrogen-bond donors (Lipinski definition) is 0. The van der Waals surface area contributed by atoms with Crippen LogP contribution >= 0.6 is 7.26 Å². The van der Waals surface area contributed by atoms with Gasteiger partial charge in [-0.15, -0.1) is 0 Å². The molecule has 1 aliphatic heterocycles. The Morgan fingerprint density at radius 1 is 1.12 bits per heavy atom. The van der Waals surface area contributed by atoms with Gasteiger partial charge in [-0.05, 0) is 0 Å². The molecule has 0 aromatic rings. The maximum atomic E-state index is 9.72. The van der Waals surface area contributed by atoms with Crippen LogP contribution in [-0.4, -0.2) is 30.3 Å². The number of allylic oxidation sites excluding steroid dienone is 14. The average molecular weight is 586 g/mol. The minimum absolute atomic E-state index is 0.0169. The zero-order valence-electron chi connectivity index (χ0n) is 27.8. The first-order valence-corrected chi connectivity index (χ1v) is 18.9. The van der Waals surface area contributed by atoms with Crippen LogP contribution in [0.15, 0.2) is 108 Å². The molecule has 0 bridgehead atoms. The number of nitrogens with zero attached hydrogens (tertiary/aromatic N) is 2. The van der Waals surface area contributed by atoms with Gasteiger partial charge in [0.05, 0.1) is 0 Å². The third kappa shape index (κ3) is 10.8. The van der Waals surface area contributed by atoms with Gasteiger partial charge in [-0.3, -0.25) is 0 Å². The van der Waals surface area contributed by atoms with Crippen molar-refractivity contribution in [2.75, 3.05) is 19.0 Å². The second-order valence-electron chi connectivity index (χ2n) is 13.7. The molecule has 2 atom stereocenters. The SMILES string of the molecule is C=C(C)C(/C=C\[N+](=C)C1=C(C(C)C)CC=CC=C1)C1=CC[PH](C)(C(=C)CC=CC(C#N)CCC(C)(C)CCC)CC=C1. The van der Waals surface area contributed by atoms with Crippen molar-refractivity contribution < 1.29 is 4.58 Å². The predicted octanol–water partition coefficient (Wildman–Crippen LogP) is 10.9. The second kappa shape index (κ2) is 16.8. The molecule has 0 aromatic heterocycles. The Bertz CT molecular complexity index is 1240. The van der Waals surface area contributed by atoms with Crippen LogP contribution in [0.2, 0.25) is 0 Å². The molecule has 2 unspecified atom stereocenters. The third-order valence-electron chi connectivity index (χ3n) is 9.00. The number of hydrogen-bond acceptors (Lipinski definition) is 1. The molecule has 2 aliphatic rings. The van der Waals surface area contributed by atoms with E-state index in [1.807, 2.05) is 4.58 Å². The molecule has 0 saturated heterocycles. The summed E-state index contributed by atoms with van der Waals surface area (Å²) in [4.78, 5) is 0. The Morgan fingerprint density at radius 3 is 2.50 bits per heavy atom. The first-order chi connectivity index (χ1) is 19.8. The van der Waals surface area contributed by atoms with Gasteiger partial charge >= 0.3 is 260 Å². The fourth-order valence-electron chi connectivity index (χ4n) is 5.92. The number of nitriles is 1. The van der Waals surface area contributed by atoms with Crippen LogP contribution in [0.1, 0.15) is 80.1 Å². The molecule has 228 valence electrons. The Balaban J connectivity index is 2.11. The van der Waals surface area contributed by atoms with Crippen LogP contribution in [0.25, 0.3) is 0 Å². The van der Waals surface area contributed by atoms with Gasteiger partial charge in [-0.1, -0.05) is 0 Å².